The highest BCUT2D eigenvalue weighted by atomic mass is 16.2. The molecule has 0 saturated carbocycles. The molecule has 0 radical (unpaired) electrons. The summed E-state index contributed by atoms with van der Waals surface area (Å²) < 4.78 is 0. The molecule has 1 aliphatic heterocycles. The first-order valence-corrected chi connectivity index (χ1v) is 7.06. The summed E-state index contributed by atoms with van der Waals surface area (Å²) in [6.07, 6.45) is 1.91. The molecule has 3 N–H and O–H groups in total. The van der Waals surface area contributed by atoms with Crippen molar-refractivity contribution in [3.05, 3.63) is 35.4 Å². The number of hydrogen-bond donors (Lipinski definition) is 3. The summed E-state index contributed by atoms with van der Waals surface area (Å²) in [4.78, 5) is 12.2. The van der Waals surface area contributed by atoms with E-state index in [0.29, 0.717) is 12.6 Å². The molecular formula is C15H21N3O. The van der Waals surface area contributed by atoms with Crippen LogP contribution in [0.15, 0.2) is 24.3 Å². The van der Waals surface area contributed by atoms with Crippen LogP contribution in [0.4, 0.5) is 0 Å². The Morgan fingerprint density at radius 2 is 1.84 bits per heavy atom. The number of piperazine rings is 1. The van der Waals surface area contributed by atoms with Crippen LogP contribution in [0.1, 0.15) is 18.1 Å². The standard InChI is InChI=1S/C15H21N3O/c1-10-8-17-14(9-16-10)15(19)18-13-6-11-4-2-3-5-12(11)7-13/h2-5,10,13-14,16-17H,6-9H2,1H3,(H,18,19). The molecule has 3 rings (SSSR count). The monoisotopic (exact) mass is 259 g/mol. The molecule has 4 nitrogen and oxygen atoms in total. The van der Waals surface area contributed by atoms with E-state index in [2.05, 4.69) is 47.1 Å². The van der Waals surface area contributed by atoms with Crippen molar-refractivity contribution in [2.45, 2.75) is 37.9 Å². The Balaban J connectivity index is 1.54. The second kappa shape index (κ2) is 5.31. The zero-order valence-electron chi connectivity index (χ0n) is 11.3. The molecule has 2 unspecified atom stereocenters. The van der Waals surface area contributed by atoms with E-state index < -0.39 is 0 Å². The van der Waals surface area contributed by atoms with Crippen LogP contribution in [0.2, 0.25) is 0 Å². The minimum absolute atomic E-state index is 0.0973. The smallest absolute Gasteiger partial charge is 0.238 e. The van der Waals surface area contributed by atoms with Crippen molar-refractivity contribution in [3.63, 3.8) is 0 Å². The minimum Gasteiger partial charge on any atom is -0.351 e. The van der Waals surface area contributed by atoms with Crippen molar-refractivity contribution >= 4 is 5.91 Å². The Morgan fingerprint density at radius 1 is 1.16 bits per heavy atom. The fourth-order valence-electron chi connectivity index (χ4n) is 2.93. The molecule has 1 aromatic carbocycles. The molecule has 19 heavy (non-hydrogen) atoms. The molecule has 1 aromatic rings. The molecule has 1 saturated heterocycles. The second-order valence-electron chi connectivity index (χ2n) is 5.65. The number of benzene rings is 1. The Kier molecular flexibility index (Phi) is 3.53. The van der Waals surface area contributed by atoms with Crippen LogP contribution in [-0.2, 0) is 17.6 Å². The Labute approximate surface area is 114 Å². The first-order valence-electron chi connectivity index (χ1n) is 7.06. The third-order valence-electron chi connectivity index (χ3n) is 4.05. The highest BCUT2D eigenvalue weighted by molar-refractivity contribution is 5.82. The minimum atomic E-state index is -0.0973. The van der Waals surface area contributed by atoms with Crippen LogP contribution in [0.5, 0.6) is 0 Å². The van der Waals surface area contributed by atoms with Gasteiger partial charge in [-0.2, -0.15) is 0 Å². The van der Waals surface area contributed by atoms with Gasteiger partial charge in [0.2, 0.25) is 5.91 Å². The molecule has 1 heterocycles. The van der Waals surface area contributed by atoms with Gasteiger partial charge in [-0.25, -0.2) is 0 Å². The van der Waals surface area contributed by atoms with Gasteiger partial charge in [0, 0.05) is 25.2 Å². The van der Waals surface area contributed by atoms with E-state index in [1.807, 2.05) is 0 Å². The lowest BCUT2D eigenvalue weighted by atomic mass is 10.1. The van der Waals surface area contributed by atoms with Gasteiger partial charge >= 0.3 is 0 Å². The van der Waals surface area contributed by atoms with Crippen LogP contribution in [0.3, 0.4) is 0 Å². The zero-order chi connectivity index (χ0) is 13.2. The predicted molar refractivity (Wildman–Crippen MR) is 75.0 cm³/mol. The number of carbonyl (C=O) groups excluding carboxylic acids is 1. The summed E-state index contributed by atoms with van der Waals surface area (Å²) >= 11 is 0. The SMILES string of the molecule is CC1CNC(C(=O)NC2Cc3ccccc3C2)CN1. The number of rotatable bonds is 2. The van der Waals surface area contributed by atoms with Crippen molar-refractivity contribution < 1.29 is 4.79 Å². The predicted octanol–water partition coefficient (Wildman–Crippen LogP) is 0.220. The highest BCUT2D eigenvalue weighted by Crippen LogP contribution is 2.21. The maximum atomic E-state index is 12.2. The number of nitrogens with one attached hydrogen (secondary N) is 3. The summed E-state index contributed by atoms with van der Waals surface area (Å²) in [7, 11) is 0. The molecule has 0 bridgehead atoms. The van der Waals surface area contributed by atoms with Crippen LogP contribution >= 0.6 is 0 Å². The van der Waals surface area contributed by atoms with Crippen LogP contribution in [0.25, 0.3) is 0 Å². The number of carbonyl (C=O) groups is 1. The van der Waals surface area contributed by atoms with Gasteiger partial charge in [0.05, 0.1) is 6.04 Å². The van der Waals surface area contributed by atoms with Gasteiger partial charge in [-0.1, -0.05) is 24.3 Å². The van der Waals surface area contributed by atoms with Gasteiger partial charge in [0.1, 0.15) is 0 Å². The molecule has 1 fully saturated rings. The van der Waals surface area contributed by atoms with Crippen molar-refractivity contribution in [1.29, 1.82) is 0 Å². The maximum absolute atomic E-state index is 12.2. The summed E-state index contributed by atoms with van der Waals surface area (Å²) in [6, 6.07) is 9.05. The highest BCUT2D eigenvalue weighted by Gasteiger charge is 2.27. The molecular weight excluding hydrogens is 238 g/mol. The van der Waals surface area contributed by atoms with Crippen molar-refractivity contribution in [2.75, 3.05) is 13.1 Å². The second-order valence-corrected chi connectivity index (χ2v) is 5.65. The lowest BCUT2D eigenvalue weighted by molar-refractivity contribution is -0.124. The van der Waals surface area contributed by atoms with Crippen LogP contribution in [-0.4, -0.2) is 37.1 Å². The van der Waals surface area contributed by atoms with E-state index >= 15 is 0 Å². The quantitative estimate of drug-likeness (QED) is 0.712. The molecule has 0 aromatic heterocycles. The third-order valence-corrected chi connectivity index (χ3v) is 4.05. The number of hydrogen-bond acceptors (Lipinski definition) is 3. The largest absolute Gasteiger partial charge is 0.351 e. The average Bonchev–Trinajstić information content (AvgIpc) is 2.81. The van der Waals surface area contributed by atoms with Gasteiger partial charge in [0.15, 0.2) is 0 Å². The van der Waals surface area contributed by atoms with Gasteiger partial charge in [-0.05, 0) is 30.9 Å². The molecule has 4 heteroatoms. The maximum Gasteiger partial charge on any atom is 0.238 e. The lowest BCUT2D eigenvalue weighted by Gasteiger charge is -2.29. The van der Waals surface area contributed by atoms with E-state index in [-0.39, 0.29) is 18.0 Å². The average molecular weight is 259 g/mol. The van der Waals surface area contributed by atoms with Gasteiger partial charge in [0.25, 0.3) is 0 Å². The van der Waals surface area contributed by atoms with E-state index in [4.69, 9.17) is 0 Å². The van der Waals surface area contributed by atoms with E-state index in [9.17, 15) is 4.79 Å². The summed E-state index contributed by atoms with van der Waals surface area (Å²) in [5.41, 5.74) is 2.74. The molecule has 1 aliphatic carbocycles. The van der Waals surface area contributed by atoms with Crippen molar-refractivity contribution in [1.82, 2.24) is 16.0 Å². The van der Waals surface area contributed by atoms with E-state index in [0.717, 1.165) is 19.4 Å². The van der Waals surface area contributed by atoms with Crippen LogP contribution < -0.4 is 16.0 Å². The molecule has 2 aliphatic rings. The van der Waals surface area contributed by atoms with E-state index in [1.54, 1.807) is 0 Å². The molecule has 2 atom stereocenters. The molecule has 0 spiro atoms. The van der Waals surface area contributed by atoms with Gasteiger partial charge in [-0.3, -0.25) is 4.79 Å². The summed E-state index contributed by atoms with van der Waals surface area (Å²) in [5, 5.41) is 9.79. The number of fused-ring (bicyclic) bond motifs is 1. The summed E-state index contributed by atoms with van der Waals surface area (Å²) in [6.45, 7) is 3.68. The van der Waals surface area contributed by atoms with Crippen molar-refractivity contribution in [2.24, 2.45) is 0 Å². The van der Waals surface area contributed by atoms with Crippen LogP contribution in [0, 0.1) is 0 Å². The fourth-order valence-corrected chi connectivity index (χ4v) is 2.93. The Hall–Kier alpha value is -1.39. The lowest BCUT2D eigenvalue weighted by Crippen LogP contribution is -2.60. The van der Waals surface area contributed by atoms with Crippen molar-refractivity contribution in [3.8, 4) is 0 Å². The Morgan fingerprint density at radius 3 is 2.42 bits per heavy atom. The third kappa shape index (κ3) is 2.80. The summed E-state index contributed by atoms with van der Waals surface area (Å²) in [5.74, 6) is 0.122. The molecule has 102 valence electrons. The first kappa shape index (κ1) is 12.6. The van der Waals surface area contributed by atoms with E-state index in [1.165, 1.54) is 11.1 Å². The number of amides is 1. The fraction of sp³-hybridized carbons (Fsp3) is 0.533. The topological polar surface area (TPSA) is 53.2 Å². The van der Waals surface area contributed by atoms with Gasteiger partial charge in [-0.15, -0.1) is 0 Å². The molecule has 1 amide bonds. The van der Waals surface area contributed by atoms with Gasteiger partial charge < -0.3 is 16.0 Å². The first-order chi connectivity index (χ1) is 9.22. The normalized spacial score (nSPS) is 27.0. The zero-order valence-corrected chi connectivity index (χ0v) is 11.3. The Bertz CT molecular complexity index is 441.